The molecule has 0 spiro atoms. The van der Waals surface area contributed by atoms with E-state index in [0.29, 0.717) is 0 Å². The minimum atomic E-state index is 0. The molecule has 0 aromatic rings. The van der Waals surface area contributed by atoms with Crippen molar-refractivity contribution in [3.05, 3.63) is 25.3 Å². The molecule has 0 unspecified atom stereocenters. The summed E-state index contributed by atoms with van der Waals surface area (Å²) in [5.41, 5.74) is 0. The number of hydrogen-bond donors (Lipinski definition) is 1. The minimum absolute atomic E-state index is 0. The van der Waals surface area contributed by atoms with Gasteiger partial charge in [0.05, 0.1) is 27.2 Å². The van der Waals surface area contributed by atoms with E-state index in [-0.39, 0.29) is 18.6 Å². The summed E-state index contributed by atoms with van der Waals surface area (Å²) in [5.74, 6) is 0. The fourth-order valence-electron chi connectivity index (χ4n) is 0.774. The highest BCUT2D eigenvalue weighted by Crippen LogP contribution is 1.95. The van der Waals surface area contributed by atoms with Gasteiger partial charge in [-0.1, -0.05) is 13.2 Å². The van der Waals surface area contributed by atoms with Gasteiger partial charge in [-0.25, -0.2) is 0 Å². The third-order valence-corrected chi connectivity index (χ3v) is 1.25. The second kappa shape index (κ2) is 7.79. The molecule has 0 aromatic heterocycles. The second-order valence-electron chi connectivity index (χ2n) is 2.88. The van der Waals surface area contributed by atoms with Crippen molar-refractivity contribution in [3.8, 4) is 0 Å². The van der Waals surface area contributed by atoms with E-state index in [1.54, 1.807) is 0 Å². The summed E-state index contributed by atoms with van der Waals surface area (Å²) < 4.78 is 0.951. The van der Waals surface area contributed by atoms with E-state index in [0.717, 1.165) is 17.6 Å². The first-order valence-electron chi connectivity index (χ1n) is 3.16. The van der Waals surface area contributed by atoms with Crippen LogP contribution in [-0.2, 0) is 0 Å². The molecule has 0 aliphatic heterocycles. The number of rotatable bonds is 4. The van der Waals surface area contributed by atoms with E-state index in [1.165, 1.54) is 0 Å². The molecule has 0 heterocycles. The van der Waals surface area contributed by atoms with Crippen LogP contribution in [0.25, 0.3) is 0 Å². The topological polar surface area (TPSA) is 35.0 Å². The van der Waals surface area contributed by atoms with Crippen molar-refractivity contribution in [2.24, 2.45) is 0 Å². The van der Waals surface area contributed by atoms with E-state index in [1.807, 2.05) is 12.2 Å². The molecule has 3 heteroatoms. The number of likely N-dealkylation sites (N-methyl/N-ethyl adjacent to an activating group) is 1. The Bertz CT molecular complexity index is 98.7. The largest absolute Gasteiger partial charge is 0.344 e. The van der Waals surface area contributed by atoms with Gasteiger partial charge >= 0.3 is 0 Å². The summed E-state index contributed by atoms with van der Waals surface area (Å²) in [7, 11) is 4.31. The molecule has 68 valence electrons. The zero-order valence-corrected chi connectivity index (χ0v) is 8.36. The van der Waals surface area contributed by atoms with Crippen LogP contribution in [0.1, 0.15) is 0 Å². The maximum absolute atomic E-state index is 3.68. The molecule has 0 amide bonds. The molecule has 2 nitrogen and oxygen atoms in total. The van der Waals surface area contributed by atoms with Gasteiger partial charge in [-0.05, 0) is 12.2 Å². The van der Waals surface area contributed by atoms with Crippen LogP contribution in [0.3, 0.4) is 0 Å². The van der Waals surface area contributed by atoms with Gasteiger partial charge in [-0.2, -0.15) is 0 Å². The van der Waals surface area contributed by atoms with Gasteiger partial charge in [-0.15, -0.1) is 12.4 Å². The quantitative estimate of drug-likeness (QED) is 0.520. The fraction of sp³-hybridized carbons (Fsp3) is 0.500. The Balaban J connectivity index is -0.000000320. The Morgan fingerprint density at radius 3 is 1.55 bits per heavy atom. The van der Waals surface area contributed by atoms with Crippen molar-refractivity contribution in [2.75, 3.05) is 27.2 Å². The van der Waals surface area contributed by atoms with Gasteiger partial charge in [0.2, 0.25) is 0 Å². The van der Waals surface area contributed by atoms with E-state index >= 15 is 0 Å². The lowest BCUT2D eigenvalue weighted by Gasteiger charge is -2.26. The summed E-state index contributed by atoms with van der Waals surface area (Å²) in [6, 6.07) is 0. The third kappa shape index (κ3) is 9.69. The number of quaternary nitrogens is 1. The second-order valence-corrected chi connectivity index (χ2v) is 2.88. The predicted octanol–water partition coefficient (Wildman–Crippen LogP) is 2.02. The molecule has 0 atom stereocenters. The Morgan fingerprint density at radius 1 is 1.09 bits per heavy atom. The summed E-state index contributed by atoms with van der Waals surface area (Å²) in [6.07, 6.45) is 3.87. The standard InChI is InChI=1S/C8H16N.ClH.H3N/c1-5-7-9(3,4)8-6-2;;/h5-6H,1-2,7-8H2,3-4H3;1H;1H3/q+1;;. The van der Waals surface area contributed by atoms with Gasteiger partial charge in [0.25, 0.3) is 0 Å². The molecule has 3 N–H and O–H groups in total. The van der Waals surface area contributed by atoms with Gasteiger partial charge in [0, 0.05) is 0 Å². The lowest BCUT2D eigenvalue weighted by molar-refractivity contribution is -0.878. The minimum Gasteiger partial charge on any atom is -0.344 e. The van der Waals surface area contributed by atoms with Crippen molar-refractivity contribution in [1.82, 2.24) is 6.15 Å². The zero-order chi connectivity index (χ0) is 7.33. The van der Waals surface area contributed by atoms with E-state index < -0.39 is 0 Å². The first kappa shape index (κ1) is 17.0. The normalized spacial score (nSPS) is 8.91. The Morgan fingerprint density at radius 2 is 1.36 bits per heavy atom. The van der Waals surface area contributed by atoms with Gasteiger partial charge in [0.15, 0.2) is 0 Å². The van der Waals surface area contributed by atoms with Crippen molar-refractivity contribution < 1.29 is 4.48 Å². The lowest BCUT2D eigenvalue weighted by Crippen LogP contribution is -2.39. The van der Waals surface area contributed by atoms with Crippen LogP contribution in [-0.4, -0.2) is 31.7 Å². The van der Waals surface area contributed by atoms with Crippen molar-refractivity contribution >= 4 is 12.4 Å². The third-order valence-electron chi connectivity index (χ3n) is 1.25. The molecular weight excluding hydrogens is 160 g/mol. The van der Waals surface area contributed by atoms with Crippen LogP contribution >= 0.6 is 12.4 Å². The molecule has 0 saturated heterocycles. The van der Waals surface area contributed by atoms with Crippen LogP contribution in [0.2, 0.25) is 0 Å². The van der Waals surface area contributed by atoms with Crippen LogP contribution in [0, 0.1) is 0 Å². The summed E-state index contributed by atoms with van der Waals surface area (Å²) in [4.78, 5) is 0. The summed E-state index contributed by atoms with van der Waals surface area (Å²) in [6.45, 7) is 9.37. The van der Waals surface area contributed by atoms with Crippen LogP contribution in [0.15, 0.2) is 25.3 Å². The Labute approximate surface area is 76.2 Å². The number of hydrogen-bond acceptors (Lipinski definition) is 1. The van der Waals surface area contributed by atoms with E-state index in [9.17, 15) is 0 Å². The number of halogens is 1. The highest BCUT2D eigenvalue weighted by molar-refractivity contribution is 5.85. The molecule has 0 saturated carbocycles. The summed E-state index contributed by atoms with van der Waals surface area (Å²) in [5, 5.41) is 0. The molecule has 0 radical (unpaired) electrons. The van der Waals surface area contributed by atoms with Gasteiger partial charge < -0.3 is 10.6 Å². The van der Waals surface area contributed by atoms with Gasteiger partial charge in [-0.3, -0.25) is 0 Å². The summed E-state index contributed by atoms with van der Waals surface area (Å²) >= 11 is 0. The number of nitrogens with zero attached hydrogens (tertiary/aromatic N) is 1. The van der Waals surface area contributed by atoms with Crippen LogP contribution < -0.4 is 6.15 Å². The Hall–Kier alpha value is -0.310. The molecule has 0 rings (SSSR count). The molecule has 0 aliphatic carbocycles. The highest BCUT2D eigenvalue weighted by Gasteiger charge is 2.07. The zero-order valence-electron chi connectivity index (χ0n) is 7.55. The average Bonchev–Trinajstić information content (AvgIpc) is 1.64. The molecule has 0 aromatic carbocycles. The first-order chi connectivity index (χ1) is 4.12. The van der Waals surface area contributed by atoms with Gasteiger partial charge in [0.1, 0.15) is 0 Å². The molecule has 0 fully saturated rings. The average molecular weight is 180 g/mol. The maximum Gasteiger partial charge on any atom is 0.0969 e. The molecule has 0 bridgehead atoms. The molecular formula is C8H20ClN2+. The first-order valence-corrected chi connectivity index (χ1v) is 3.16. The SMILES string of the molecule is C=CC[N+](C)(C)CC=C.Cl.N. The van der Waals surface area contributed by atoms with Crippen molar-refractivity contribution in [1.29, 1.82) is 0 Å². The van der Waals surface area contributed by atoms with Crippen molar-refractivity contribution in [3.63, 3.8) is 0 Å². The monoisotopic (exact) mass is 179 g/mol. The Kier molecular flexibility index (Phi) is 12.0. The molecule has 11 heavy (non-hydrogen) atoms. The predicted molar refractivity (Wildman–Crippen MR) is 54.5 cm³/mol. The van der Waals surface area contributed by atoms with Crippen LogP contribution in [0.5, 0.6) is 0 Å². The fourth-order valence-corrected chi connectivity index (χ4v) is 0.774. The van der Waals surface area contributed by atoms with E-state index in [2.05, 4.69) is 27.3 Å². The molecule has 0 aliphatic rings. The van der Waals surface area contributed by atoms with Crippen molar-refractivity contribution in [2.45, 2.75) is 0 Å². The smallest absolute Gasteiger partial charge is 0.0969 e. The van der Waals surface area contributed by atoms with E-state index in [4.69, 9.17) is 0 Å². The maximum atomic E-state index is 3.68. The van der Waals surface area contributed by atoms with Crippen LogP contribution in [0.4, 0.5) is 0 Å². The lowest BCUT2D eigenvalue weighted by atomic mass is 10.4. The highest BCUT2D eigenvalue weighted by atomic mass is 35.5.